The fraction of sp³-hybridized carbons (Fsp3) is 0.478. The molecule has 1 aromatic rings. The van der Waals surface area contributed by atoms with Gasteiger partial charge in [-0.1, -0.05) is 68.8 Å². The van der Waals surface area contributed by atoms with Gasteiger partial charge in [-0.2, -0.15) is 0 Å². The van der Waals surface area contributed by atoms with Crippen molar-refractivity contribution in [3.63, 3.8) is 0 Å². The first kappa shape index (κ1) is 16.3. The summed E-state index contributed by atoms with van der Waals surface area (Å²) in [6.07, 6.45) is 11.7. The summed E-state index contributed by atoms with van der Waals surface area (Å²) in [6.45, 7) is 13.7. The van der Waals surface area contributed by atoms with Crippen LogP contribution in [0.15, 0.2) is 48.1 Å². The highest BCUT2D eigenvalue weighted by Gasteiger charge is 2.49. The Balaban J connectivity index is 1.91. The van der Waals surface area contributed by atoms with Gasteiger partial charge < -0.3 is 0 Å². The molecule has 0 amide bonds. The van der Waals surface area contributed by atoms with Gasteiger partial charge in [0.2, 0.25) is 0 Å². The van der Waals surface area contributed by atoms with Crippen molar-refractivity contribution in [3.8, 4) is 0 Å². The van der Waals surface area contributed by atoms with Crippen molar-refractivity contribution in [2.24, 2.45) is 5.92 Å². The van der Waals surface area contributed by atoms with E-state index < -0.39 is 0 Å². The average molecular weight is 306 g/mol. The van der Waals surface area contributed by atoms with E-state index in [0.29, 0.717) is 11.3 Å². The lowest BCUT2D eigenvalue weighted by molar-refractivity contribution is 0.526. The normalized spacial score (nSPS) is 29.4. The zero-order valence-corrected chi connectivity index (χ0v) is 15.5. The molecule has 1 fully saturated rings. The first-order valence-corrected chi connectivity index (χ1v) is 8.91. The largest absolute Gasteiger partial charge is 0.0847 e. The van der Waals surface area contributed by atoms with Gasteiger partial charge in [0.05, 0.1) is 0 Å². The highest BCUT2D eigenvalue weighted by Crippen LogP contribution is 2.55. The lowest BCUT2D eigenvalue weighted by atomic mass is 9.72. The summed E-state index contributed by atoms with van der Waals surface area (Å²) >= 11 is 0. The highest BCUT2D eigenvalue weighted by molar-refractivity contribution is 5.71. The molecule has 0 radical (unpaired) electrons. The molecule has 0 aromatic heterocycles. The van der Waals surface area contributed by atoms with E-state index in [1.807, 2.05) is 0 Å². The van der Waals surface area contributed by atoms with E-state index in [-0.39, 0.29) is 5.41 Å². The number of benzene rings is 1. The third kappa shape index (κ3) is 2.84. The minimum atomic E-state index is 0.264. The number of hydrogen-bond acceptors (Lipinski definition) is 0. The molecule has 2 aliphatic carbocycles. The molecular weight excluding hydrogens is 276 g/mol. The molecule has 122 valence electrons. The molecule has 0 spiro atoms. The third-order valence-electron chi connectivity index (χ3n) is 6.10. The average Bonchev–Trinajstić information content (AvgIpc) is 3.20. The van der Waals surface area contributed by atoms with Crippen LogP contribution in [0.4, 0.5) is 0 Å². The SMILES string of the molecule is C/C=C(C)/C=C/C1C[C@]1(C)c1ccc2c(c1)C(C)=CCC2(C)C. The molecule has 0 N–H and O–H groups in total. The number of fused-ring (bicyclic) bond motifs is 1. The first-order valence-electron chi connectivity index (χ1n) is 8.91. The second-order valence-corrected chi connectivity index (χ2v) is 8.36. The van der Waals surface area contributed by atoms with Crippen LogP contribution in [-0.4, -0.2) is 0 Å². The molecule has 1 unspecified atom stereocenters. The van der Waals surface area contributed by atoms with E-state index in [2.05, 4.69) is 84.0 Å². The standard InChI is InChI=1S/C23H30/c1-7-16(2)8-9-19-15-23(19,6)18-10-11-21-20(14-18)17(3)12-13-22(21,4)5/h7-12,14,19H,13,15H2,1-6H3/b9-8+,16-7+/t19?,23-/m1/s1. The molecule has 0 heteroatoms. The lowest BCUT2D eigenvalue weighted by Crippen LogP contribution is -2.21. The van der Waals surface area contributed by atoms with E-state index in [1.54, 1.807) is 0 Å². The Morgan fingerprint density at radius 1 is 1.22 bits per heavy atom. The fourth-order valence-electron chi connectivity index (χ4n) is 3.82. The summed E-state index contributed by atoms with van der Waals surface area (Å²) in [4.78, 5) is 0. The van der Waals surface area contributed by atoms with Crippen LogP contribution in [0.1, 0.15) is 71.1 Å². The Bertz CT molecular complexity index is 712. The fourth-order valence-corrected chi connectivity index (χ4v) is 3.82. The maximum atomic E-state index is 2.47. The van der Waals surface area contributed by atoms with Gasteiger partial charge in [0.25, 0.3) is 0 Å². The summed E-state index contributed by atoms with van der Waals surface area (Å²) in [7, 11) is 0. The molecule has 1 aromatic carbocycles. The Morgan fingerprint density at radius 2 is 1.96 bits per heavy atom. The molecule has 0 heterocycles. The smallest absolute Gasteiger partial charge is 0.000600 e. The van der Waals surface area contributed by atoms with Crippen LogP contribution in [-0.2, 0) is 10.8 Å². The Morgan fingerprint density at radius 3 is 2.65 bits per heavy atom. The quantitative estimate of drug-likeness (QED) is 0.554. The van der Waals surface area contributed by atoms with Crippen molar-refractivity contribution in [1.82, 2.24) is 0 Å². The van der Waals surface area contributed by atoms with Crippen molar-refractivity contribution in [1.29, 1.82) is 0 Å². The van der Waals surface area contributed by atoms with Crippen molar-refractivity contribution in [3.05, 3.63) is 64.8 Å². The maximum Gasteiger partial charge on any atom is -0.000600 e. The molecule has 0 aliphatic heterocycles. The van der Waals surface area contributed by atoms with Crippen LogP contribution < -0.4 is 0 Å². The van der Waals surface area contributed by atoms with Crippen LogP contribution in [0.3, 0.4) is 0 Å². The van der Waals surface area contributed by atoms with Crippen LogP contribution in [0, 0.1) is 5.92 Å². The molecular formula is C23H30. The van der Waals surface area contributed by atoms with Gasteiger partial charge in [-0.25, -0.2) is 0 Å². The van der Waals surface area contributed by atoms with Gasteiger partial charge in [-0.15, -0.1) is 0 Å². The van der Waals surface area contributed by atoms with Gasteiger partial charge in [-0.05, 0) is 72.6 Å². The monoisotopic (exact) mass is 306 g/mol. The molecule has 0 bridgehead atoms. The van der Waals surface area contributed by atoms with Gasteiger partial charge in [0.1, 0.15) is 0 Å². The summed E-state index contributed by atoms with van der Waals surface area (Å²) < 4.78 is 0. The van der Waals surface area contributed by atoms with Gasteiger partial charge >= 0.3 is 0 Å². The Labute approximate surface area is 142 Å². The summed E-state index contributed by atoms with van der Waals surface area (Å²) in [6, 6.07) is 7.25. The molecule has 0 saturated heterocycles. The van der Waals surface area contributed by atoms with Crippen molar-refractivity contribution in [2.75, 3.05) is 0 Å². The minimum Gasteiger partial charge on any atom is -0.0847 e. The first-order chi connectivity index (χ1) is 10.8. The third-order valence-corrected chi connectivity index (χ3v) is 6.10. The number of allylic oxidation sites excluding steroid dienone is 6. The van der Waals surface area contributed by atoms with Crippen molar-refractivity contribution < 1.29 is 0 Å². The minimum absolute atomic E-state index is 0.264. The second-order valence-electron chi connectivity index (χ2n) is 8.36. The molecule has 23 heavy (non-hydrogen) atoms. The van der Waals surface area contributed by atoms with Crippen molar-refractivity contribution >= 4 is 5.57 Å². The van der Waals surface area contributed by atoms with Crippen LogP contribution >= 0.6 is 0 Å². The Hall–Kier alpha value is -1.56. The zero-order valence-electron chi connectivity index (χ0n) is 15.5. The van der Waals surface area contributed by atoms with E-state index in [0.717, 1.165) is 6.42 Å². The zero-order chi connectivity index (χ0) is 16.8. The van der Waals surface area contributed by atoms with Gasteiger partial charge in [0.15, 0.2) is 0 Å². The molecule has 2 aliphatic rings. The van der Waals surface area contributed by atoms with Crippen LogP contribution in [0.25, 0.3) is 5.57 Å². The maximum absolute atomic E-state index is 2.47. The van der Waals surface area contributed by atoms with Crippen LogP contribution in [0.5, 0.6) is 0 Å². The van der Waals surface area contributed by atoms with E-state index in [4.69, 9.17) is 0 Å². The lowest BCUT2D eigenvalue weighted by Gasteiger charge is -2.32. The molecule has 2 atom stereocenters. The topological polar surface area (TPSA) is 0 Å². The van der Waals surface area contributed by atoms with Gasteiger partial charge in [0, 0.05) is 0 Å². The van der Waals surface area contributed by atoms with Crippen molar-refractivity contribution in [2.45, 2.75) is 65.2 Å². The molecule has 0 nitrogen and oxygen atoms in total. The number of rotatable bonds is 3. The molecule has 1 saturated carbocycles. The summed E-state index contributed by atoms with van der Waals surface area (Å²) in [5.74, 6) is 0.677. The highest BCUT2D eigenvalue weighted by atomic mass is 14.5. The summed E-state index contributed by atoms with van der Waals surface area (Å²) in [5.41, 5.74) is 7.88. The van der Waals surface area contributed by atoms with Crippen LogP contribution in [0.2, 0.25) is 0 Å². The predicted molar refractivity (Wildman–Crippen MR) is 102 cm³/mol. The predicted octanol–water partition coefficient (Wildman–Crippen LogP) is 6.57. The number of hydrogen-bond donors (Lipinski definition) is 0. The van der Waals surface area contributed by atoms with E-state index in [1.165, 1.54) is 34.3 Å². The van der Waals surface area contributed by atoms with E-state index in [9.17, 15) is 0 Å². The van der Waals surface area contributed by atoms with Gasteiger partial charge in [-0.3, -0.25) is 0 Å². The Kier molecular flexibility index (Phi) is 3.91. The summed E-state index contributed by atoms with van der Waals surface area (Å²) in [5, 5.41) is 0. The van der Waals surface area contributed by atoms with E-state index >= 15 is 0 Å². The second kappa shape index (κ2) is 5.51. The molecule has 3 rings (SSSR count).